The molecule has 1 aliphatic heterocycles. The number of halogens is 1. The lowest BCUT2D eigenvalue weighted by molar-refractivity contribution is 0.309. The molecule has 1 rings (SSSR count). The monoisotopic (exact) mass is 187 g/mol. The third-order valence-corrected chi connectivity index (χ3v) is 2.71. The van der Waals surface area contributed by atoms with E-state index in [2.05, 4.69) is 11.5 Å². The number of hydrogen-bond donors (Lipinski definition) is 0. The third kappa shape index (κ3) is 3.59. The van der Waals surface area contributed by atoms with Crippen molar-refractivity contribution in [3.8, 4) is 0 Å². The van der Waals surface area contributed by atoms with Crippen LogP contribution in [0, 0.1) is 0 Å². The Morgan fingerprint density at radius 3 is 2.25 bits per heavy atom. The van der Waals surface area contributed by atoms with Crippen molar-refractivity contribution in [3.63, 3.8) is 0 Å². The molecule has 12 heavy (non-hydrogen) atoms. The fraction of sp³-hybridized carbons (Fsp3) is 0.800. The zero-order chi connectivity index (χ0) is 8.81. The van der Waals surface area contributed by atoms with Crippen LogP contribution in [0.15, 0.2) is 12.2 Å². The highest BCUT2D eigenvalue weighted by atomic mass is 35.5. The van der Waals surface area contributed by atoms with E-state index in [9.17, 15) is 0 Å². The van der Waals surface area contributed by atoms with Crippen LogP contribution in [0.25, 0.3) is 0 Å². The molecule has 1 heterocycles. The fourth-order valence-electron chi connectivity index (χ4n) is 1.65. The van der Waals surface area contributed by atoms with Crippen LogP contribution >= 0.6 is 11.6 Å². The molecule has 0 radical (unpaired) electrons. The first-order valence-electron chi connectivity index (χ1n) is 4.78. The van der Waals surface area contributed by atoms with Crippen molar-refractivity contribution in [1.82, 2.24) is 4.90 Å². The van der Waals surface area contributed by atoms with Crippen LogP contribution in [0.1, 0.15) is 25.7 Å². The van der Waals surface area contributed by atoms with Gasteiger partial charge in [0.15, 0.2) is 0 Å². The number of hydrogen-bond acceptors (Lipinski definition) is 1. The molecule has 1 fully saturated rings. The van der Waals surface area contributed by atoms with Crippen LogP contribution in [0.5, 0.6) is 0 Å². The van der Waals surface area contributed by atoms with Crippen LogP contribution in [-0.4, -0.2) is 30.4 Å². The van der Waals surface area contributed by atoms with Crippen molar-refractivity contribution in [2.24, 2.45) is 0 Å². The number of likely N-dealkylation sites (tertiary alicyclic amines) is 1. The summed E-state index contributed by atoms with van der Waals surface area (Å²) in [7, 11) is 0. The first-order valence-corrected chi connectivity index (χ1v) is 5.31. The Labute approximate surface area is 80.4 Å². The summed E-state index contributed by atoms with van der Waals surface area (Å²) >= 11 is 5.69. The van der Waals surface area contributed by atoms with Gasteiger partial charge in [0.2, 0.25) is 0 Å². The van der Waals surface area contributed by atoms with Gasteiger partial charge in [-0.2, -0.15) is 0 Å². The molecular weight excluding hydrogens is 170 g/mol. The molecule has 0 saturated carbocycles. The Hall–Kier alpha value is -0.0100. The lowest BCUT2D eigenvalue weighted by Crippen LogP contribution is -2.26. The fourth-order valence-corrected chi connectivity index (χ4v) is 1.74. The second-order valence-electron chi connectivity index (χ2n) is 3.57. The number of alkyl halides is 1. The van der Waals surface area contributed by atoms with Gasteiger partial charge in [0.1, 0.15) is 0 Å². The van der Waals surface area contributed by atoms with Crippen LogP contribution < -0.4 is 0 Å². The summed E-state index contributed by atoms with van der Waals surface area (Å²) in [5.41, 5.74) is 1.15. The molecule has 2 heteroatoms. The zero-order valence-electron chi connectivity index (χ0n) is 7.69. The summed E-state index contributed by atoms with van der Waals surface area (Å²) in [5.74, 6) is 0.608. The van der Waals surface area contributed by atoms with Gasteiger partial charge in [0, 0.05) is 12.4 Å². The van der Waals surface area contributed by atoms with Gasteiger partial charge in [-0.3, -0.25) is 4.90 Å². The SMILES string of the molecule is C=C(CCl)CN1CCCCCC1. The molecule has 0 unspecified atom stereocenters. The Morgan fingerprint density at radius 1 is 1.17 bits per heavy atom. The van der Waals surface area contributed by atoms with E-state index < -0.39 is 0 Å². The predicted molar refractivity (Wildman–Crippen MR) is 54.8 cm³/mol. The highest BCUT2D eigenvalue weighted by Gasteiger charge is 2.08. The van der Waals surface area contributed by atoms with Crippen LogP contribution in [0.3, 0.4) is 0 Å². The molecule has 1 nitrogen and oxygen atoms in total. The van der Waals surface area contributed by atoms with Crippen LogP contribution in [0.2, 0.25) is 0 Å². The second-order valence-corrected chi connectivity index (χ2v) is 3.84. The average molecular weight is 188 g/mol. The predicted octanol–water partition coefficient (Wildman–Crippen LogP) is 2.66. The molecule has 1 aliphatic rings. The van der Waals surface area contributed by atoms with Gasteiger partial charge < -0.3 is 0 Å². The van der Waals surface area contributed by atoms with E-state index in [0.717, 1.165) is 12.1 Å². The van der Waals surface area contributed by atoms with Crippen LogP contribution in [-0.2, 0) is 0 Å². The summed E-state index contributed by atoms with van der Waals surface area (Å²) in [4.78, 5) is 2.47. The molecule has 0 amide bonds. The molecule has 1 saturated heterocycles. The van der Waals surface area contributed by atoms with Crippen molar-refractivity contribution in [1.29, 1.82) is 0 Å². The highest BCUT2D eigenvalue weighted by Crippen LogP contribution is 2.10. The maximum absolute atomic E-state index is 5.69. The Balaban J connectivity index is 2.24. The first-order chi connectivity index (χ1) is 5.83. The van der Waals surface area contributed by atoms with E-state index in [1.807, 2.05) is 0 Å². The summed E-state index contributed by atoms with van der Waals surface area (Å²) in [5, 5.41) is 0. The quantitative estimate of drug-likeness (QED) is 0.485. The topological polar surface area (TPSA) is 3.24 Å². The Kier molecular flexibility index (Phi) is 4.70. The molecule has 0 aromatic carbocycles. The maximum atomic E-state index is 5.69. The minimum atomic E-state index is 0.608. The molecular formula is C10H18ClN. The molecule has 0 aromatic heterocycles. The second kappa shape index (κ2) is 5.60. The Bertz CT molecular complexity index is 137. The summed E-state index contributed by atoms with van der Waals surface area (Å²) in [6.45, 7) is 7.39. The van der Waals surface area contributed by atoms with Gasteiger partial charge in [0.05, 0.1) is 0 Å². The molecule has 0 N–H and O–H groups in total. The van der Waals surface area contributed by atoms with Crippen molar-refractivity contribution < 1.29 is 0 Å². The van der Waals surface area contributed by atoms with E-state index in [-0.39, 0.29) is 0 Å². The van der Waals surface area contributed by atoms with Gasteiger partial charge in [-0.1, -0.05) is 19.4 Å². The Morgan fingerprint density at radius 2 is 1.75 bits per heavy atom. The van der Waals surface area contributed by atoms with Crippen LogP contribution in [0.4, 0.5) is 0 Å². The van der Waals surface area contributed by atoms with E-state index in [1.54, 1.807) is 0 Å². The zero-order valence-corrected chi connectivity index (χ0v) is 8.45. The van der Waals surface area contributed by atoms with E-state index >= 15 is 0 Å². The molecule has 0 bridgehead atoms. The average Bonchev–Trinajstić information content (AvgIpc) is 2.33. The van der Waals surface area contributed by atoms with Crippen molar-refractivity contribution in [3.05, 3.63) is 12.2 Å². The smallest absolute Gasteiger partial charge is 0.0443 e. The first kappa shape index (κ1) is 10.1. The van der Waals surface area contributed by atoms with E-state index in [4.69, 9.17) is 11.6 Å². The van der Waals surface area contributed by atoms with Gasteiger partial charge in [0.25, 0.3) is 0 Å². The minimum absolute atomic E-state index is 0.608. The molecule has 0 aromatic rings. The molecule has 0 aliphatic carbocycles. The van der Waals surface area contributed by atoms with Crippen molar-refractivity contribution in [2.75, 3.05) is 25.5 Å². The largest absolute Gasteiger partial charge is 0.299 e. The normalized spacial score (nSPS) is 20.4. The third-order valence-electron chi connectivity index (χ3n) is 2.33. The lowest BCUT2D eigenvalue weighted by Gasteiger charge is -2.19. The van der Waals surface area contributed by atoms with Gasteiger partial charge in [-0.25, -0.2) is 0 Å². The highest BCUT2D eigenvalue weighted by molar-refractivity contribution is 6.19. The van der Waals surface area contributed by atoms with Gasteiger partial charge in [-0.05, 0) is 31.5 Å². The standard InChI is InChI=1S/C10H18ClN/c1-10(8-11)9-12-6-4-2-3-5-7-12/h1-9H2. The lowest BCUT2D eigenvalue weighted by atomic mass is 10.2. The maximum Gasteiger partial charge on any atom is 0.0443 e. The van der Waals surface area contributed by atoms with Gasteiger partial charge >= 0.3 is 0 Å². The molecule has 70 valence electrons. The van der Waals surface area contributed by atoms with Crippen molar-refractivity contribution >= 4 is 11.6 Å². The number of rotatable bonds is 3. The minimum Gasteiger partial charge on any atom is -0.299 e. The van der Waals surface area contributed by atoms with E-state index in [1.165, 1.54) is 38.8 Å². The summed E-state index contributed by atoms with van der Waals surface area (Å²) < 4.78 is 0. The van der Waals surface area contributed by atoms with Gasteiger partial charge in [-0.15, -0.1) is 11.6 Å². The molecule has 0 atom stereocenters. The number of nitrogens with zero attached hydrogens (tertiary/aromatic N) is 1. The molecule has 0 spiro atoms. The van der Waals surface area contributed by atoms with Crippen molar-refractivity contribution in [2.45, 2.75) is 25.7 Å². The van der Waals surface area contributed by atoms with E-state index in [0.29, 0.717) is 5.88 Å². The summed E-state index contributed by atoms with van der Waals surface area (Å²) in [6, 6.07) is 0. The summed E-state index contributed by atoms with van der Waals surface area (Å²) in [6.07, 6.45) is 5.47.